The van der Waals surface area contributed by atoms with E-state index in [1.54, 1.807) is 6.33 Å². The number of ether oxygens (including phenoxy) is 1. The van der Waals surface area contributed by atoms with Gasteiger partial charge in [-0.05, 0) is 38.8 Å². The number of fused-ring (bicyclic) bond motifs is 1. The van der Waals surface area contributed by atoms with Gasteiger partial charge in [-0.3, -0.25) is 4.79 Å². The first kappa shape index (κ1) is 17.6. The van der Waals surface area contributed by atoms with E-state index in [4.69, 9.17) is 4.74 Å². The molecule has 0 radical (unpaired) electrons. The fourth-order valence-corrected chi connectivity index (χ4v) is 5.37. The van der Waals surface area contributed by atoms with Crippen LogP contribution in [-0.4, -0.2) is 47.2 Å². The monoisotopic (exact) mass is 378 g/mol. The summed E-state index contributed by atoms with van der Waals surface area (Å²) in [6.45, 7) is 6.60. The summed E-state index contributed by atoms with van der Waals surface area (Å²) < 4.78 is 6.52. The summed E-state index contributed by atoms with van der Waals surface area (Å²) in [4.78, 5) is 23.7. The van der Waals surface area contributed by atoms with E-state index in [1.807, 2.05) is 37.3 Å². The van der Waals surface area contributed by atoms with Gasteiger partial charge in [-0.25, -0.2) is 9.97 Å². The summed E-state index contributed by atoms with van der Waals surface area (Å²) in [6.07, 6.45) is 4.10. The second-order valence-corrected chi connectivity index (χ2v) is 8.39. The van der Waals surface area contributed by atoms with Gasteiger partial charge in [0.05, 0.1) is 11.7 Å². The number of hydrogen-bond acceptors (Lipinski definition) is 5. The Balaban J connectivity index is 1.32. The van der Waals surface area contributed by atoms with Gasteiger partial charge in [-0.1, -0.05) is 18.2 Å². The zero-order valence-corrected chi connectivity index (χ0v) is 16.4. The minimum atomic E-state index is -0.0852. The Hall–Kier alpha value is -2.47. The highest BCUT2D eigenvalue weighted by molar-refractivity contribution is 5.94. The lowest BCUT2D eigenvalue weighted by molar-refractivity contribution is 0.0141. The second kappa shape index (κ2) is 6.55. The molecule has 1 N–H and O–H groups in total. The maximum Gasteiger partial charge on any atom is 0.251 e. The van der Waals surface area contributed by atoms with Crippen LogP contribution in [-0.2, 0) is 4.74 Å². The maximum atomic E-state index is 12.5. The number of benzene rings is 1. The molecule has 0 saturated carbocycles. The topological polar surface area (TPSA) is 67.4 Å². The molecule has 6 nitrogen and oxygen atoms in total. The number of rotatable bonds is 4. The summed E-state index contributed by atoms with van der Waals surface area (Å²) in [5.74, 6) is 1.80. The smallest absolute Gasteiger partial charge is 0.251 e. The zero-order valence-electron chi connectivity index (χ0n) is 16.4. The molecule has 3 saturated heterocycles. The van der Waals surface area contributed by atoms with E-state index in [9.17, 15) is 4.79 Å². The summed E-state index contributed by atoms with van der Waals surface area (Å²) in [5.41, 5.74) is 2.79. The zero-order chi connectivity index (χ0) is 19.3. The third-order valence-electron chi connectivity index (χ3n) is 6.93. The van der Waals surface area contributed by atoms with Gasteiger partial charge in [0.15, 0.2) is 0 Å². The van der Waals surface area contributed by atoms with E-state index in [0.717, 1.165) is 43.0 Å². The fraction of sp³-hybridized carbons (Fsp3) is 0.500. The van der Waals surface area contributed by atoms with E-state index < -0.39 is 0 Å². The highest BCUT2D eigenvalue weighted by Gasteiger charge is 2.63. The lowest BCUT2D eigenvalue weighted by Gasteiger charge is -2.29. The maximum absolute atomic E-state index is 12.5. The first-order valence-corrected chi connectivity index (χ1v) is 10.1. The van der Waals surface area contributed by atoms with Crippen molar-refractivity contribution >= 4 is 11.7 Å². The molecular formula is C22H26N4O2. The molecule has 28 heavy (non-hydrogen) atoms. The van der Waals surface area contributed by atoms with Gasteiger partial charge in [0.25, 0.3) is 5.91 Å². The molecule has 4 atom stereocenters. The highest BCUT2D eigenvalue weighted by Crippen LogP contribution is 2.55. The van der Waals surface area contributed by atoms with Crippen molar-refractivity contribution < 1.29 is 9.53 Å². The first-order valence-electron chi connectivity index (χ1n) is 10.1. The molecule has 3 fully saturated rings. The lowest BCUT2D eigenvalue weighted by atomic mass is 9.73. The van der Waals surface area contributed by atoms with Crippen molar-refractivity contribution in [3.63, 3.8) is 0 Å². The number of carbonyl (C=O) groups excluding carboxylic acids is 1. The Labute approximate surface area is 165 Å². The molecule has 1 aromatic heterocycles. The molecule has 2 bridgehead atoms. The van der Waals surface area contributed by atoms with E-state index in [0.29, 0.717) is 23.9 Å². The van der Waals surface area contributed by atoms with Crippen molar-refractivity contribution in [2.75, 3.05) is 24.5 Å². The van der Waals surface area contributed by atoms with E-state index in [1.165, 1.54) is 0 Å². The number of hydrogen-bond donors (Lipinski definition) is 1. The number of nitrogens with one attached hydrogen (secondary N) is 1. The number of aryl methyl sites for hydroxylation is 1. The Kier molecular flexibility index (Phi) is 4.12. The molecule has 0 aliphatic carbocycles. The average molecular weight is 378 g/mol. The minimum Gasteiger partial charge on any atom is -0.369 e. The van der Waals surface area contributed by atoms with Crippen molar-refractivity contribution in [1.82, 2.24) is 15.3 Å². The number of aromatic nitrogens is 2. The molecule has 5 rings (SSSR count). The van der Waals surface area contributed by atoms with Crippen LogP contribution in [0.25, 0.3) is 0 Å². The third-order valence-corrected chi connectivity index (χ3v) is 6.93. The molecule has 2 aromatic rings. The Morgan fingerprint density at radius 2 is 2.11 bits per heavy atom. The van der Waals surface area contributed by atoms with Crippen molar-refractivity contribution in [3.05, 3.63) is 53.5 Å². The second-order valence-electron chi connectivity index (χ2n) is 8.39. The molecule has 3 aliphatic heterocycles. The normalized spacial score (nSPS) is 30.5. The van der Waals surface area contributed by atoms with Crippen LogP contribution in [0.15, 0.2) is 36.7 Å². The van der Waals surface area contributed by atoms with Gasteiger partial charge < -0.3 is 15.0 Å². The van der Waals surface area contributed by atoms with Crippen molar-refractivity contribution in [3.8, 4) is 0 Å². The minimum absolute atomic E-state index is 0.00505. The first-order chi connectivity index (χ1) is 13.6. The SMILES string of the molecule is Cc1ncnc(N2C[C@@H]3[C@H](CNC(=O)c4ccccc4)[C@H]4CC[C@]3(C2)O4)c1C. The number of carbonyl (C=O) groups is 1. The van der Waals surface area contributed by atoms with Crippen molar-refractivity contribution in [2.45, 2.75) is 38.4 Å². The summed E-state index contributed by atoms with van der Waals surface area (Å²) in [5, 5.41) is 3.15. The number of anilines is 1. The molecule has 1 aromatic carbocycles. The summed E-state index contributed by atoms with van der Waals surface area (Å²) >= 11 is 0. The average Bonchev–Trinajstić information content (AvgIpc) is 3.37. The largest absolute Gasteiger partial charge is 0.369 e. The van der Waals surface area contributed by atoms with Crippen LogP contribution in [0, 0.1) is 25.7 Å². The van der Waals surface area contributed by atoms with Crippen LogP contribution in [0.1, 0.15) is 34.5 Å². The molecule has 4 heterocycles. The number of amides is 1. The third kappa shape index (κ3) is 2.70. The van der Waals surface area contributed by atoms with Gasteiger partial charge in [0.2, 0.25) is 0 Å². The molecule has 3 aliphatic rings. The lowest BCUT2D eigenvalue weighted by Crippen LogP contribution is -2.41. The predicted molar refractivity (Wildman–Crippen MR) is 106 cm³/mol. The van der Waals surface area contributed by atoms with Crippen molar-refractivity contribution in [1.29, 1.82) is 0 Å². The summed E-state index contributed by atoms with van der Waals surface area (Å²) in [7, 11) is 0. The van der Waals surface area contributed by atoms with Gasteiger partial charge in [-0.2, -0.15) is 0 Å². The van der Waals surface area contributed by atoms with Crippen LogP contribution in [0.4, 0.5) is 5.82 Å². The predicted octanol–water partition coefficient (Wildman–Crippen LogP) is 2.51. The molecule has 0 unspecified atom stereocenters. The Morgan fingerprint density at radius 1 is 1.29 bits per heavy atom. The van der Waals surface area contributed by atoms with E-state index in [-0.39, 0.29) is 17.6 Å². The molecule has 6 heteroatoms. The quantitative estimate of drug-likeness (QED) is 0.885. The highest BCUT2D eigenvalue weighted by atomic mass is 16.5. The van der Waals surface area contributed by atoms with Crippen LogP contribution >= 0.6 is 0 Å². The summed E-state index contributed by atoms with van der Waals surface area (Å²) in [6, 6.07) is 9.42. The molecule has 146 valence electrons. The molecular weight excluding hydrogens is 352 g/mol. The molecule has 1 spiro atoms. The van der Waals surface area contributed by atoms with Crippen molar-refractivity contribution in [2.24, 2.45) is 11.8 Å². The Morgan fingerprint density at radius 3 is 2.93 bits per heavy atom. The van der Waals surface area contributed by atoms with Gasteiger partial charge >= 0.3 is 0 Å². The van der Waals surface area contributed by atoms with Crippen LogP contribution in [0.3, 0.4) is 0 Å². The fourth-order valence-electron chi connectivity index (χ4n) is 5.37. The standard InChI is InChI=1S/C22H26N4O2/c1-14-15(2)24-13-25-20(14)26-11-18-17(19-8-9-22(18,12-26)28-19)10-23-21(27)16-6-4-3-5-7-16/h3-7,13,17-19H,8-12H2,1-2H3,(H,23,27)/t17-,18+,19+,22+/m0/s1. The van der Waals surface area contributed by atoms with Crippen LogP contribution in [0.2, 0.25) is 0 Å². The van der Waals surface area contributed by atoms with Gasteiger partial charge in [0, 0.05) is 48.3 Å². The van der Waals surface area contributed by atoms with Crippen LogP contribution in [0.5, 0.6) is 0 Å². The van der Waals surface area contributed by atoms with Gasteiger partial charge in [0.1, 0.15) is 12.1 Å². The van der Waals surface area contributed by atoms with Gasteiger partial charge in [-0.15, -0.1) is 0 Å². The number of nitrogens with zero attached hydrogens (tertiary/aromatic N) is 3. The van der Waals surface area contributed by atoms with Crippen LogP contribution < -0.4 is 10.2 Å². The van der Waals surface area contributed by atoms with E-state index in [2.05, 4.69) is 27.1 Å². The molecule has 1 amide bonds. The van der Waals surface area contributed by atoms with E-state index >= 15 is 0 Å². The Bertz CT molecular complexity index is 903.